The van der Waals surface area contributed by atoms with E-state index in [1.165, 1.54) is 15.9 Å². The largest absolute Gasteiger partial charge is 0.481 e. The molecule has 0 aliphatic carbocycles. The molecule has 1 atom stereocenters. The van der Waals surface area contributed by atoms with E-state index in [1.807, 2.05) is 24.3 Å². The number of nitrogens with zero attached hydrogens (tertiary/aromatic N) is 4. The highest BCUT2D eigenvalue weighted by Crippen LogP contribution is 2.39. The second kappa shape index (κ2) is 16.1. The molecule has 4 aliphatic rings. The van der Waals surface area contributed by atoms with Crippen molar-refractivity contribution in [2.45, 2.75) is 75.2 Å². The van der Waals surface area contributed by atoms with E-state index in [0.717, 1.165) is 17.3 Å². The van der Waals surface area contributed by atoms with Crippen LogP contribution in [0.25, 0.3) is 0 Å². The molecule has 18 heteroatoms. The van der Waals surface area contributed by atoms with Crippen LogP contribution in [0.5, 0.6) is 0 Å². The number of aliphatic carboxylic acids is 2. The average molecular weight is 793 g/mol. The zero-order valence-electron chi connectivity index (χ0n) is 30.0. The quantitative estimate of drug-likeness (QED) is 0.218. The Kier molecular flexibility index (Phi) is 11.7. The molecule has 4 aliphatic heterocycles. The molecular weight excluding hydrogens is 749 g/mol. The summed E-state index contributed by atoms with van der Waals surface area (Å²) in [6.07, 6.45) is -5.71. The minimum Gasteiger partial charge on any atom is -0.481 e. The van der Waals surface area contributed by atoms with Gasteiger partial charge in [0, 0.05) is 76.6 Å². The first kappa shape index (κ1) is 39.9. The number of fused-ring (bicyclic) bond motifs is 1. The highest BCUT2D eigenvalue weighted by molar-refractivity contribution is 6.33. The number of alkyl halides is 3. The van der Waals surface area contributed by atoms with Crippen LogP contribution in [-0.2, 0) is 38.1 Å². The highest BCUT2D eigenvalue weighted by atomic mass is 35.5. The first-order valence-electron chi connectivity index (χ1n) is 18.3. The number of para-hydroxylation sites is 1. The number of urea groups is 1. The number of hydrogen-bond donors (Lipinski definition) is 4. The third-order valence-corrected chi connectivity index (χ3v) is 11.8. The van der Waals surface area contributed by atoms with Gasteiger partial charge in [-0.2, -0.15) is 18.1 Å². The van der Waals surface area contributed by atoms with Crippen molar-refractivity contribution in [3.63, 3.8) is 0 Å². The molecular formula is C37H44ClF3N6O8+. The Bertz CT molecular complexity index is 1810. The maximum absolute atomic E-state index is 14.1. The Hall–Kier alpha value is -4.77. The summed E-state index contributed by atoms with van der Waals surface area (Å²) in [5, 5.41) is 22.3. The Morgan fingerprint density at radius 1 is 0.982 bits per heavy atom. The van der Waals surface area contributed by atoms with Gasteiger partial charge in [0.25, 0.3) is 5.91 Å². The number of amides is 4. The summed E-state index contributed by atoms with van der Waals surface area (Å²) in [5.74, 6) is -3.32. The van der Waals surface area contributed by atoms with Crippen LogP contribution < -0.4 is 16.0 Å². The number of halogens is 4. The lowest BCUT2D eigenvalue weighted by molar-refractivity contribution is -0.156. The van der Waals surface area contributed by atoms with Crippen LogP contribution in [0, 0.1) is 5.92 Å². The van der Waals surface area contributed by atoms with E-state index >= 15 is 0 Å². The fourth-order valence-corrected chi connectivity index (χ4v) is 8.48. The monoisotopic (exact) mass is 792 g/mol. The van der Waals surface area contributed by atoms with Crippen molar-refractivity contribution in [1.82, 2.24) is 19.6 Å². The van der Waals surface area contributed by atoms with Crippen molar-refractivity contribution in [1.29, 1.82) is 0 Å². The van der Waals surface area contributed by atoms with E-state index in [4.69, 9.17) is 22.1 Å². The van der Waals surface area contributed by atoms with Gasteiger partial charge in [-0.05, 0) is 48.6 Å². The Morgan fingerprint density at radius 3 is 2.25 bits per heavy atom. The van der Waals surface area contributed by atoms with Crippen LogP contribution in [0.1, 0.15) is 55.2 Å². The highest BCUT2D eigenvalue weighted by Gasteiger charge is 2.56. The Balaban J connectivity index is 1.15. The molecule has 2 aromatic carbocycles. The molecule has 4 heterocycles. The number of carboxylic acid groups (broad SMARTS) is 2. The number of piperidine rings is 3. The molecule has 3 saturated heterocycles. The zero-order valence-corrected chi connectivity index (χ0v) is 30.8. The number of ether oxygens (including phenoxy) is 1. The van der Waals surface area contributed by atoms with Crippen molar-refractivity contribution in [2.75, 3.05) is 56.9 Å². The Morgan fingerprint density at radius 2 is 1.64 bits per heavy atom. The molecule has 0 spiro atoms. The lowest BCUT2D eigenvalue weighted by Gasteiger charge is -2.41. The summed E-state index contributed by atoms with van der Waals surface area (Å²) < 4.78 is 47.4. The number of nitrogens with two attached hydrogens (primary N) is 1. The fourth-order valence-electron chi connectivity index (χ4n) is 8.23. The molecule has 0 unspecified atom stereocenters. The second-order valence-electron chi connectivity index (χ2n) is 14.6. The fraction of sp³-hybridized carbons (Fsp3) is 0.541. The number of benzene rings is 2. The van der Waals surface area contributed by atoms with Gasteiger partial charge in [0.15, 0.2) is 6.10 Å². The molecule has 0 bridgehead atoms. The van der Waals surface area contributed by atoms with Crippen LogP contribution in [-0.4, -0.2) is 118 Å². The molecule has 297 valence electrons. The summed E-state index contributed by atoms with van der Waals surface area (Å²) in [5.41, 5.74) is 4.11. The van der Waals surface area contributed by atoms with Crippen LogP contribution >= 0.6 is 11.6 Å². The number of likely N-dealkylation sites (tertiary alicyclic amines) is 3. The van der Waals surface area contributed by atoms with E-state index in [0.29, 0.717) is 25.8 Å². The smallest absolute Gasteiger partial charge is 0.418 e. The van der Waals surface area contributed by atoms with Gasteiger partial charge in [-0.1, -0.05) is 29.8 Å². The van der Waals surface area contributed by atoms with Crippen LogP contribution in [0.2, 0.25) is 5.02 Å². The summed E-state index contributed by atoms with van der Waals surface area (Å²) in [7, 11) is 0. The van der Waals surface area contributed by atoms with Crippen molar-refractivity contribution in [2.24, 2.45) is 5.92 Å². The van der Waals surface area contributed by atoms with E-state index in [1.54, 1.807) is 9.80 Å². The number of rotatable bonds is 8. The van der Waals surface area contributed by atoms with Crippen LogP contribution in [0.15, 0.2) is 36.4 Å². The predicted molar refractivity (Wildman–Crippen MR) is 194 cm³/mol. The van der Waals surface area contributed by atoms with Crippen molar-refractivity contribution in [3.05, 3.63) is 58.1 Å². The zero-order chi connectivity index (χ0) is 39.7. The van der Waals surface area contributed by atoms with Gasteiger partial charge in [-0.25, -0.2) is 14.4 Å². The SMILES string of the molecule is Nc1c(Cl)cc(C[C@@H](OC(=O)N2CCC(N3CCc4ccccc4NC3=O)CC2)C(=O)N2CCC(C(=O)O)([N+]3CCC(C(=O)O)CC3)CC2)cc1C(F)(F)F. The number of carbonyl (C=O) groups is 5. The number of carboxylic acids is 2. The molecule has 4 amide bonds. The lowest BCUT2D eigenvalue weighted by Crippen LogP contribution is -2.66. The topological polar surface area (TPSA) is 189 Å². The summed E-state index contributed by atoms with van der Waals surface area (Å²) >= 11 is 6.09. The normalized spacial score (nSPS) is 20.6. The average Bonchev–Trinajstić information content (AvgIpc) is 3.33. The third kappa shape index (κ3) is 8.57. The van der Waals surface area contributed by atoms with Gasteiger partial charge in [-0.15, -0.1) is 0 Å². The number of nitrogens with one attached hydrogen (secondary N) is 1. The predicted octanol–water partition coefficient (Wildman–Crippen LogP) is 4.62. The van der Waals surface area contributed by atoms with Crippen molar-refractivity contribution >= 4 is 52.9 Å². The summed E-state index contributed by atoms with van der Waals surface area (Å²) in [6, 6.07) is 9.08. The molecule has 1 radical (unpaired) electrons. The lowest BCUT2D eigenvalue weighted by atomic mass is 9.82. The van der Waals surface area contributed by atoms with Crippen LogP contribution in [0.3, 0.4) is 0 Å². The number of nitrogen functional groups attached to an aromatic ring is 1. The van der Waals surface area contributed by atoms with Crippen molar-refractivity contribution < 1.29 is 52.1 Å². The molecule has 55 heavy (non-hydrogen) atoms. The van der Waals surface area contributed by atoms with E-state index in [9.17, 15) is 47.4 Å². The Labute approximate surface area is 320 Å². The van der Waals surface area contributed by atoms with Gasteiger partial charge in [0.2, 0.25) is 5.54 Å². The first-order valence-corrected chi connectivity index (χ1v) is 18.7. The van der Waals surface area contributed by atoms with E-state index in [2.05, 4.69) is 5.32 Å². The molecule has 2 aromatic rings. The van der Waals surface area contributed by atoms with Crippen LogP contribution in [0.4, 0.5) is 34.1 Å². The number of hydrogen-bond acceptors (Lipinski definition) is 8. The maximum Gasteiger partial charge on any atom is 0.418 e. The second-order valence-corrected chi connectivity index (χ2v) is 15.0. The first-order chi connectivity index (χ1) is 26.1. The third-order valence-electron chi connectivity index (χ3n) is 11.5. The molecule has 5 N–H and O–H groups in total. The van der Waals surface area contributed by atoms with E-state index < -0.39 is 65.3 Å². The molecule has 0 aromatic heterocycles. The molecule has 0 saturated carbocycles. The summed E-state index contributed by atoms with van der Waals surface area (Å²) in [6.45, 7) is 1.27. The molecule has 14 nitrogen and oxygen atoms in total. The maximum atomic E-state index is 14.1. The minimum atomic E-state index is -4.86. The van der Waals surface area contributed by atoms with Gasteiger partial charge < -0.3 is 40.7 Å². The van der Waals surface area contributed by atoms with Gasteiger partial charge in [0.05, 0.1) is 22.2 Å². The van der Waals surface area contributed by atoms with Gasteiger partial charge in [-0.3, -0.25) is 9.59 Å². The summed E-state index contributed by atoms with van der Waals surface area (Å²) in [4.78, 5) is 71.2. The van der Waals surface area contributed by atoms with E-state index in [-0.39, 0.29) is 87.6 Å². The van der Waals surface area contributed by atoms with Crippen molar-refractivity contribution in [3.8, 4) is 0 Å². The minimum absolute atomic E-state index is 0.00106. The standard InChI is InChI=1S/C37H44ClF3N6O8/c38-27-20-22(19-26(30(27)42)37(39,40)41)21-29(31(48)44-17-10-36(11-18-44,33(51)52)46-14-5-24(6-15-46)32(49)50)55-35(54)45-12-8-25(9-13-45)47-16-7-23-3-1-2-4-28(23)43-34(47)53/h1-4,19-20,24-25,29H,5-18,21,42H2,(H,43,53)(H,49,50)(H,51,52)/q+1/t29-/m1/s1. The number of anilines is 2. The van der Waals surface area contributed by atoms with Gasteiger partial charge >= 0.3 is 30.2 Å². The molecule has 6 rings (SSSR count). The molecule has 3 fully saturated rings. The number of carbonyl (C=O) groups excluding carboxylic acids is 3. The van der Waals surface area contributed by atoms with Gasteiger partial charge in [0.1, 0.15) is 13.1 Å².